The van der Waals surface area contributed by atoms with Crippen molar-refractivity contribution in [3.8, 4) is 6.07 Å². The SMILES string of the molecule is C(#[N+]c1ccccc1)c1ccccc1.[Cl][Sb-]([Cl])([Cl])([Cl])([Cl])[Cl]. The van der Waals surface area contributed by atoms with Gasteiger partial charge in [0.05, 0.1) is 0 Å². The molecule has 1 nitrogen and oxygen atoms in total. The Hall–Kier alpha value is 0.488. The summed E-state index contributed by atoms with van der Waals surface area (Å²) in [5, 5.41) is 0. The molecule has 21 heavy (non-hydrogen) atoms. The van der Waals surface area contributed by atoms with Gasteiger partial charge in [-0.25, -0.2) is 0 Å². The summed E-state index contributed by atoms with van der Waals surface area (Å²) in [5.41, 5.74) is 1.92. The molecule has 2 aromatic rings. The molecule has 0 unspecified atom stereocenters. The molecule has 0 atom stereocenters. The topological polar surface area (TPSA) is 4.36 Å². The number of hydrogen-bond donors (Lipinski definition) is 0. The first-order chi connectivity index (χ1) is 9.40. The Balaban J connectivity index is 0.000000270. The van der Waals surface area contributed by atoms with Crippen LogP contribution in [-0.4, -0.2) is 9.14 Å². The van der Waals surface area contributed by atoms with E-state index in [1.165, 1.54) is 0 Å². The van der Waals surface area contributed by atoms with Gasteiger partial charge in [0.15, 0.2) is 0 Å². The minimum absolute atomic E-state index is 0.927. The van der Waals surface area contributed by atoms with E-state index in [1.54, 1.807) is 0 Å². The van der Waals surface area contributed by atoms with E-state index in [9.17, 15) is 0 Å². The Morgan fingerprint density at radius 2 is 1.05 bits per heavy atom. The standard InChI is InChI=1S/C13H10N.6ClH.Sb/c1-3-7-12(8-4-1)11-14-13-9-5-2-6-10-13;;;;;;;/h1-10H;6*1H;/q+1;;;;;;;+5/p-6. The molecule has 0 amide bonds. The van der Waals surface area contributed by atoms with Gasteiger partial charge in [0.2, 0.25) is 0 Å². The van der Waals surface area contributed by atoms with Crippen LogP contribution >= 0.6 is 53.0 Å². The fourth-order valence-corrected chi connectivity index (χ4v) is 1.14. The molecular weight excluding hydrogens is 505 g/mol. The second-order valence-electron chi connectivity index (χ2n) is 3.88. The van der Waals surface area contributed by atoms with Gasteiger partial charge in [-0.05, 0) is 17.0 Å². The molecule has 0 N–H and O–H groups in total. The zero-order valence-corrected chi connectivity index (χ0v) is 17.5. The average molecular weight is 515 g/mol. The Bertz CT molecular complexity index is 586. The van der Waals surface area contributed by atoms with Gasteiger partial charge in [0, 0.05) is 12.1 Å². The summed E-state index contributed by atoms with van der Waals surface area (Å²) in [6.07, 6.45) is 0. The van der Waals surface area contributed by atoms with Crippen LogP contribution in [0.5, 0.6) is 0 Å². The van der Waals surface area contributed by atoms with Crippen molar-refractivity contribution in [2.24, 2.45) is 0 Å². The molecule has 114 valence electrons. The number of nitrogens with zero attached hydrogens (tertiary/aromatic N) is 1. The third kappa shape index (κ3) is 15.2. The molecule has 8 heteroatoms. The molecule has 0 aliphatic carbocycles. The summed E-state index contributed by atoms with van der Waals surface area (Å²) in [4.78, 5) is 4.23. The van der Waals surface area contributed by atoms with Crippen LogP contribution in [0.4, 0.5) is 5.69 Å². The molecule has 0 fully saturated rings. The Kier molecular flexibility index (Phi) is 6.45. The van der Waals surface area contributed by atoms with Gasteiger partial charge in [-0.3, -0.25) is 0 Å². The first-order valence-electron chi connectivity index (χ1n) is 5.53. The molecule has 2 aromatic carbocycles. The van der Waals surface area contributed by atoms with Crippen LogP contribution in [0.2, 0.25) is 0 Å². The molecule has 0 saturated heterocycles. The zero-order valence-electron chi connectivity index (χ0n) is 10.4. The van der Waals surface area contributed by atoms with E-state index in [0.717, 1.165) is 11.3 Å². The molecule has 0 bridgehead atoms. The van der Waals surface area contributed by atoms with Crippen LogP contribution in [0.1, 0.15) is 5.56 Å². The van der Waals surface area contributed by atoms with Crippen LogP contribution in [0, 0.1) is 6.07 Å². The molecule has 0 saturated carbocycles. The maximum atomic E-state index is 5.06. The van der Waals surface area contributed by atoms with Gasteiger partial charge in [0.1, 0.15) is 5.56 Å². The van der Waals surface area contributed by atoms with E-state index in [4.69, 9.17) is 53.0 Å². The fourth-order valence-electron chi connectivity index (χ4n) is 1.14. The van der Waals surface area contributed by atoms with Crippen LogP contribution in [0.25, 0.3) is 4.85 Å². The van der Waals surface area contributed by atoms with Gasteiger partial charge >= 0.3 is 73.9 Å². The summed E-state index contributed by atoms with van der Waals surface area (Å²) in [6.45, 7) is 0. The molecule has 2 rings (SSSR count). The van der Waals surface area contributed by atoms with E-state index in [1.807, 2.05) is 60.7 Å². The van der Waals surface area contributed by atoms with Crippen LogP contribution in [0.15, 0.2) is 60.7 Å². The number of benzene rings is 2. The summed E-state index contributed by atoms with van der Waals surface area (Å²) in [5.74, 6) is 0. The predicted octanol–water partition coefficient (Wildman–Crippen LogP) is 7.46. The summed E-state index contributed by atoms with van der Waals surface area (Å²) in [7, 11) is 25.0. The molecule has 0 radical (unpaired) electrons. The van der Waals surface area contributed by atoms with E-state index < -0.39 is 9.14 Å². The maximum absolute atomic E-state index is 5.42. The molecule has 0 aromatic heterocycles. The van der Waals surface area contributed by atoms with Gasteiger partial charge in [-0.15, -0.1) is 0 Å². The van der Waals surface area contributed by atoms with E-state index in [2.05, 4.69) is 10.9 Å². The number of rotatable bonds is 0. The van der Waals surface area contributed by atoms with Gasteiger partial charge in [0.25, 0.3) is 0 Å². The second-order valence-corrected chi connectivity index (χ2v) is 60.8. The fraction of sp³-hybridized carbons (Fsp3) is 0. The quantitative estimate of drug-likeness (QED) is 0.322. The van der Waals surface area contributed by atoms with Crippen molar-refractivity contribution in [3.05, 3.63) is 71.1 Å². The number of halogens is 6. The van der Waals surface area contributed by atoms with Crippen molar-refractivity contribution >= 4 is 67.8 Å². The van der Waals surface area contributed by atoms with E-state index in [0.29, 0.717) is 0 Å². The van der Waals surface area contributed by atoms with Crippen LogP contribution in [0.3, 0.4) is 0 Å². The Labute approximate surface area is 143 Å². The first-order valence-corrected chi connectivity index (χ1v) is 24.9. The average Bonchev–Trinajstić information content (AvgIpc) is 2.35. The van der Waals surface area contributed by atoms with E-state index >= 15 is 0 Å². The van der Waals surface area contributed by atoms with E-state index in [-0.39, 0.29) is 0 Å². The molecule has 0 spiro atoms. The number of hydrogen-bond acceptors (Lipinski definition) is 0. The van der Waals surface area contributed by atoms with Crippen molar-refractivity contribution in [1.82, 2.24) is 0 Å². The van der Waals surface area contributed by atoms with Crippen molar-refractivity contribution in [3.63, 3.8) is 0 Å². The normalized spacial score (nSPS) is 13.6. The summed E-state index contributed by atoms with van der Waals surface area (Å²) >= 11 is 0. The van der Waals surface area contributed by atoms with Crippen molar-refractivity contribution in [1.29, 1.82) is 0 Å². The predicted molar refractivity (Wildman–Crippen MR) is 99.8 cm³/mol. The summed E-state index contributed by atoms with van der Waals surface area (Å²) in [6, 6.07) is 22.7. The van der Waals surface area contributed by atoms with Crippen LogP contribution < -0.4 is 0 Å². The summed E-state index contributed by atoms with van der Waals surface area (Å²) < 4.78 is 0. The van der Waals surface area contributed by atoms with Crippen molar-refractivity contribution < 1.29 is 0 Å². The van der Waals surface area contributed by atoms with Gasteiger partial charge < -0.3 is 0 Å². The first kappa shape index (κ1) is 19.5. The van der Waals surface area contributed by atoms with Crippen LogP contribution in [-0.2, 0) is 0 Å². The zero-order chi connectivity index (χ0) is 16.0. The van der Waals surface area contributed by atoms with Crippen molar-refractivity contribution in [2.75, 3.05) is 0 Å². The molecule has 0 aliphatic heterocycles. The van der Waals surface area contributed by atoms with Gasteiger partial charge in [-0.2, -0.15) is 0 Å². The van der Waals surface area contributed by atoms with Gasteiger partial charge in [-0.1, -0.05) is 36.4 Å². The molecule has 0 heterocycles. The Morgan fingerprint density at radius 1 is 0.667 bits per heavy atom. The molecule has 0 aliphatic rings. The third-order valence-corrected chi connectivity index (χ3v) is 1.84. The number of para-hydroxylation sites is 1. The van der Waals surface area contributed by atoms with Crippen molar-refractivity contribution in [2.45, 2.75) is 0 Å². The second kappa shape index (κ2) is 6.94. The molecular formula is C13H10Cl6NSb. The monoisotopic (exact) mass is 511 g/mol. The third-order valence-electron chi connectivity index (χ3n) is 1.84. The Morgan fingerprint density at radius 3 is 1.48 bits per heavy atom. The minimum atomic E-state index is -5.42.